The molecule has 4 rings (SSSR count). The van der Waals surface area contributed by atoms with Crippen LogP contribution in [0.1, 0.15) is 42.9 Å². The molecule has 0 spiro atoms. The van der Waals surface area contributed by atoms with Gasteiger partial charge >= 0.3 is 10.2 Å². The van der Waals surface area contributed by atoms with Crippen molar-refractivity contribution in [2.45, 2.75) is 45.6 Å². The molecule has 3 N–H and O–H groups in total. The minimum Gasteiger partial charge on any atom is -0.506 e. The number of phenols is 1. The third kappa shape index (κ3) is 6.78. The van der Waals surface area contributed by atoms with Crippen LogP contribution in [0.5, 0.6) is 5.75 Å². The largest absolute Gasteiger partial charge is 0.506 e. The van der Waals surface area contributed by atoms with Crippen LogP contribution in [0.4, 0.5) is 10.1 Å². The third-order valence-electron chi connectivity index (χ3n) is 6.78. The SMILES string of the molecule is CCCc1ccc(CNC(=O)C[C@@H]2CCN(CCc3cc(O)c(N4CC(=O)NS4(=O)=O)c(F)c3)C2)cc1. The molecule has 0 saturated carbocycles. The van der Waals surface area contributed by atoms with Crippen LogP contribution in [0.15, 0.2) is 36.4 Å². The maximum atomic E-state index is 14.7. The number of carbonyl (C=O) groups is 2. The topological polar surface area (TPSA) is 119 Å². The van der Waals surface area contributed by atoms with Crippen molar-refractivity contribution < 1.29 is 27.5 Å². The number of benzene rings is 2. The van der Waals surface area contributed by atoms with Crippen LogP contribution >= 0.6 is 0 Å². The molecule has 0 bridgehead atoms. The summed E-state index contributed by atoms with van der Waals surface area (Å²) in [7, 11) is -4.22. The van der Waals surface area contributed by atoms with Gasteiger partial charge in [-0.25, -0.2) is 13.4 Å². The normalized spacial score (nSPS) is 19.2. The number of halogens is 1. The fraction of sp³-hybridized carbons (Fsp3) is 0.462. The summed E-state index contributed by atoms with van der Waals surface area (Å²) in [5.41, 5.74) is 2.35. The highest BCUT2D eigenvalue weighted by atomic mass is 32.2. The Bertz CT molecular complexity index is 1230. The van der Waals surface area contributed by atoms with Crippen molar-refractivity contribution in [2.75, 3.05) is 30.5 Å². The standard InChI is InChI=1S/C26H33FN4O5S/c1-2-3-18-4-6-19(7-5-18)15-28-24(33)14-21-9-11-30(16-21)10-8-20-12-22(27)26(23(32)13-20)31-17-25(34)29-37(31,35)36/h4-7,12-13,21,32H,2-3,8-11,14-17H2,1H3,(H,28,33)(H,29,34)/t21-/m0/s1. The van der Waals surface area contributed by atoms with E-state index < -0.39 is 39.9 Å². The highest BCUT2D eigenvalue weighted by Crippen LogP contribution is 2.34. The Morgan fingerprint density at radius 3 is 2.54 bits per heavy atom. The highest BCUT2D eigenvalue weighted by Gasteiger charge is 2.37. The maximum absolute atomic E-state index is 14.7. The molecule has 0 aliphatic carbocycles. The number of aromatic hydroxyl groups is 1. The Kier molecular flexibility index (Phi) is 8.33. The summed E-state index contributed by atoms with van der Waals surface area (Å²) in [6.45, 7) is 4.27. The second-order valence-corrected chi connectivity index (χ2v) is 11.3. The minimum atomic E-state index is -4.22. The van der Waals surface area contributed by atoms with Crippen molar-refractivity contribution in [1.82, 2.24) is 14.9 Å². The van der Waals surface area contributed by atoms with E-state index in [1.807, 2.05) is 0 Å². The van der Waals surface area contributed by atoms with Gasteiger partial charge in [-0.1, -0.05) is 37.6 Å². The lowest BCUT2D eigenvalue weighted by atomic mass is 10.0. The molecule has 37 heavy (non-hydrogen) atoms. The molecule has 2 amide bonds. The van der Waals surface area contributed by atoms with E-state index in [1.54, 1.807) is 4.72 Å². The zero-order chi connectivity index (χ0) is 26.6. The predicted octanol–water partition coefficient (Wildman–Crippen LogP) is 2.24. The van der Waals surface area contributed by atoms with Crippen LogP contribution in [0.2, 0.25) is 0 Å². The number of nitrogens with zero attached hydrogens (tertiary/aromatic N) is 2. The Balaban J connectivity index is 1.24. The van der Waals surface area contributed by atoms with Crippen molar-refractivity contribution in [1.29, 1.82) is 0 Å². The van der Waals surface area contributed by atoms with Crippen LogP contribution in [-0.2, 0) is 39.2 Å². The summed E-state index contributed by atoms with van der Waals surface area (Å²) in [6.07, 6.45) is 3.94. The molecule has 0 unspecified atom stereocenters. The quantitative estimate of drug-likeness (QED) is 0.432. The molecule has 2 aromatic carbocycles. The van der Waals surface area contributed by atoms with E-state index in [0.29, 0.717) is 35.8 Å². The molecule has 2 aromatic rings. The molecule has 1 atom stereocenters. The molecular weight excluding hydrogens is 499 g/mol. The molecule has 2 aliphatic heterocycles. The van der Waals surface area contributed by atoms with E-state index in [4.69, 9.17) is 0 Å². The number of phenolic OH excluding ortho intramolecular Hbond substituents is 1. The van der Waals surface area contributed by atoms with Gasteiger partial charge in [-0.05, 0) is 60.5 Å². The summed E-state index contributed by atoms with van der Waals surface area (Å²) in [5.74, 6) is -1.97. The zero-order valence-corrected chi connectivity index (χ0v) is 21.7. The van der Waals surface area contributed by atoms with Crippen LogP contribution in [0, 0.1) is 11.7 Å². The molecule has 0 aromatic heterocycles. The van der Waals surface area contributed by atoms with Crippen LogP contribution in [-0.4, -0.2) is 56.4 Å². The van der Waals surface area contributed by atoms with Crippen molar-refractivity contribution in [3.8, 4) is 5.75 Å². The van der Waals surface area contributed by atoms with E-state index in [2.05, 4.69) is 41.4 Å². The average molecular weight is 533 g/mol. The van der Waals surface area contributed by atoms with Gasteiger partial charge in [-0.15, -0.1) is 0 Å². The highest BCUT2D eigenvalue weighted by molar-refractivity contribution is 7.92. The van der Waals surface area contributed by atoms with Gasteiger partial charge in [-0.3, -0.25) is 9.59 Å². The van der Waals surface area contributed by atoms with Gasteiger partial charge in [0.05, 0.1) is 0 Å². The number of carbonyl (C=O) groups excluding carboxylic acids is 2. The van der Waals surface area contributed by atoms with Crippen molar-refractivity contribution >= 4 is 27.7 Å². The lowest BCUT2D eigenvalue weighted by molar-refractivity contribution is -0.122. The summed E-state index contributed by atoms with van der Waals surface area (Å²) in [6, 6.07) is 10.8. The monoisotopic (exact) mass is 532 g/mol. The number of anilines is 1. The van der Waals surface area contributed by atoms with E-state index in [1.165, 1.54) is 17.7 Å². The Morgan fingerprint density at radius 1 is 1.16 bits per heavy atom. The van der Waals surface area contributed by atoms with Gasteiger partial charge in [0.2, 0.25) is 5.91 Å². The molecular formula is C26H33FN4O5S. The number of aryl methyl sites for hydroxylation is 1. The van der Waals surface area contributed by atoms with Gasteiger partial charge in [0, 0.05) is 26.1 Å². The summed E-state index contributed by atoms with van der Waals surface area (Å²) >= 11 is 0. The van der Waals surface area contributed by atoms with Crippen LogP contribution < -0.4 is 14.3 Å². The molecule has 200 valence electrons. The Hall–Kier alpha value is -3.18. The Morgan fingerprint density at radius 2 is 1.89 bits per heavy atom. The van der Waals surface area contributed by atoms with Gasteiger partial charge < -0.3 is 15.3 Å². The van der Waals surface area contributed by atoms with Crippen molar-refractivity contribution in [2.24, 2.45) is 5.92 Å². The second-order valence-electron chi connectivity index (χ2n) is 9.73. The Labute approximate surface area is 216 Å². The molecule has 2 aliphatic rings. The fourth-order valence-electron chi connectivity index (χ4n) is 4.89. The van der Waals surface area contributed by atoms with Gasteiger partial charge in [0.1, 0.15) is 18.0 Å². The van der Waals surface area contributed by atoms with E-state index in [9.17, 15) is 27.5 Å². The number of nitrogens with one attached hydrogen (secondary N) is 2. The number of hydrogen-bond acceptors (Lipinski definition) is 6. The molecule has 9 nitrogen and oxygen atoms in total. The minimum absolute atomic E-state index is 0.0249. The van der Waals surface area contributed by atoms with Crippen molar-refractivity contribution in [3.05, 3.63) is 58.9 Å². The summed E-state index contributed by atoms with van der Waals surface area (Å²) in [5, 5.41) is 13.3. The maximum Gasteiger partial charge on any atom is 0.326 e. The van der Waals surface area contributed by atoms with Crippen LogP contribution in [0.3, 0.4) is 0 Å². The smallest absolute Gasteiger partial charge is 0.326 e. The van der Waals surface area contributed by atoms with Crippen LogP contribution in [0.25, 0.3) is 0 Å². The lowest BCUT2D eigenvalue weighted by Crippen LogP contribution is -2.30. The molecule has 2 heterocycles. The molecule has 2 saturated heterocycles. The number of rotatable bonds is 10. The fourth-order valence-corrected chi connectivity index (χ4v) is 6.06. The summed E-state index contributed by atoms with van der Waals surface area (Å²) in [4.78, 5) is 26.1. The average Bonchev–Trinajstić information content (AvgIpc) is 3.39. The number of amides is 2. The first-order valence-electron chi connectivity index (χ1n) is 12.6. The number of hydrogen-bond donors (Lipinski definition) is 3. The van der Waals surface area contributed by atoms with Gasteiger partial charge in [0.25, 0.3) is 5.91 Å². The summed E-state index contributed by atoms with van der Waals surface area (Å²) < 4.78 is 41.0. The third-order valence-corrected chi connectivity index (χ3v) is 8.16. The number of likely N-dealkylation sites (tertiary alicyclic amines) is 1. The predicted molar refractivity (Wildman–Crippen MR) is 138 cm³/mol. The van der Waals surface area contributed by atoms with E-state index in [-0.39, 0.29) is 11.8 Å². The second kappa shape index (κ2) is 11.5. The first kappa shape index (κ1) is 26.9. The van der Waals surface area contributed by atoms with E-state index in [0.717, 1.165) is 37.9 Å². The zero-order valence-electron chi connectivity index (χ0n) is 20.9. The molecule has 2 fully saturated rings. The lowest BCUT2D eigenvalue weighted by Gasteiger charge is -2.19. The first-order valence-corrected chi connectivity index (χ1v) is 14.0. The first-order chi connectivity index (χ1) is 17.6. The molecule has 11 heteroatoms. The van der Waals surface area contributed by atoms with E-state index >= 15 is 0 Å². The van der Waals surface area contributed by atoms with Gasteiger partial charge in [-0.2, -0.15) is 8.42 Å². The molecule has 0 radical (unpaired) electrons. The van der Waals surface area contributed by atoms with Crippen molar-refractivity contribution in [3.63, 3.8) is 0 Å². The van der Waals surface area contributed by atoms with Gasteiger partial charge in [0.15, 0.2) is 5.82 Å².